The number of hydrogen-bond donors (Lipinski definition) is 3. The van der Waals surface area contributed by atoms with Gasteiger partial charge in [-0.3, -0.25) is 0 Å². The maximum Gasteiger partial charge on any atom is 0.319 e. The molecule has 1 atom stereocenters. The summed E-state index contributed by atoms with van der Waals surface area (Å²) in [4.78, 5) is 11.8. The summed E-state index contributed by atoms with van der Waals surface area (Å²) >= 11 is 0. The van der Waals surface area contributed by atoms with Gasteiger partial charge in [0.1, 0.15) is 11.4 Å². The number of carbonyl (C=O) groups excluding carboxylic acids is 1. The molecule has 0 fully saturated rings. The zero-order chi connectivity index (χ0) is 17.0. The highest BCUT2D eigenvalue weighted by molar-refractivity contribution is 5.89. The predicted molar refractivity (Wildman–Crippen MR) is 78.2 cm³/mol. The lowest BCUT2D eigenvalue weighted by atomic mass is 10.0. The van der Waals surface area contributed by atoms with Crippen molar-refractivity contribution in [1.82, 2.24) is 5.32 Å². The van der Waals surface area contributed by atoms with E-state index >= 15 is 0 Å². The summed E-state index contributed by atoms with van der Waals surface area (Å²) in [6.45, 7) is 1.30. The average Bonchev–Trinajstić information content (AvgIpc) is 3.00. The molecule has 0 spiro atoms. The number of halogens is 2. The van der Waals surface area contributed by atoms with Crippen LogP contribution in [-0.4, -0.2) is 24.8 Å². The molecule has 0 bridgehead atoms. The number of amides is 2. The van der Waals surface area contributed by atoms with Crippen LogP contribution in [0.4, 0.5) is 19.3 Å². The van der Waals surface area contributed by atoms with Crippen LogP contribution in [0.2, 0.25) is 0 Å². The van der Waals surface area contributed by atoms with Crippen molar-refractivity contribution in [2.45, 2.75) is 12.5 Å². The minimum Gasteiger partial charge on any atom is -0.491 e. The molecule has 3 N–H and O–H groups in total. The molecule has 0 saturated carbocycles. The Bertz CT molecular complexity index is 664. The van der Waals surface area contributed by atoms with E-state index in [1.54, 1.807) is 12.1 Å². The first-order chi connectivity index (χ1) is 10.8. The molecule has 6 nitrogen and oxygen atoms in total. The number of urea groups is 1. The van der Waals surface area contributed by atoms with E-state index in [2.05, 4.69) is 15.4 Å². The third kappa shape index (κ3) is 3.98. The van der Waals surface area contributed by atoms with Crippen LogP contribution < -0.4 is 15.4 Å². The molecule has 0 radical (unpaired) electrons. The minimum absolute atomic E-state index is 0.0871. The van der Waals surface area contributed by atoms with Crippen LogP contribution in [0.15, 0.2) is 34.9 Å². The van der Waals surface area contributed by atoms with Crippen molar-refractivity contribution in [1.29, 1.82) is 0 Å². The van der Waals surface area contributed by atoms with Crippen LogP contribution in [-0.2, 0) is 5.60 Å². The molecule has 0 aliphatic rings. The lowest BCUT2D eigenvalue weighted by molar-refractivity contribution is 0.0372. The van der Waals surface area contributed by atoms with Crippen molar-refractivity contribution in [3.63, 3.8) is 0 Å². The van der Waals surface area contributed by atoms with E-state index in [1.165, 1.54) is 13.2 Å². The number of aliphatic hydroxyl groups is 1. The fourth-order valence-electron chi connectivity index (χ4n) is 1.93. The molecule has 2 rings (SSSR count). The number of methoxy groups -OCH3 is 1. The van der Waals surface area contributed by atoms with Crippen molar-refractivity contribution >= 4 is 11.7 Å². The van der Waals surface area contributed by atoms with E-state index in [1.807, 2.05) is 0 Å². The normalized spacial score (nSPS) is 13.3. The Morgan fingerprint density at radius 2 is 2.04 bits per heavy atom. The fraction of sp³-hybridized carbons (Fsp3) is 0.267. The first-order valence-electron chi connectivity index (χ1n) is 6.68. The van der Waals surface area contributed by atoms with Crippen LogP contribution >= 0.6 is 0 Å². The molecule has 1 unspecified atom stereocenters. The zero-order valence-corrected chi connectivity index (χ0v) is 12.5. The lowest BCUT2D eigenvalue weighted by Gasteiger charge is -2.21. The Labute approximate surface area is 131 Å². The summed E-state index contributed by atoms with van der Waals surface area (Å²) in [5.41, 5.74) is -1.51. The van der Waals surface area contributed by atoms with Gasteiger partial charge in [-0.05, 0) is 19.1 Å². The largest absolute Gasteiger partial charge is 0.491 e. The molecule has 23 heavy (non-hydrogen) atoms. The predicted octanol–water partition coefficient (Wildman–Crippen LogP) is 2.60. The number of rotatable bonds is 5. The first kappa shape index (κ1) is 16.8. The number of ether oxygens (including phenoxy) is 1. The number of nitrogens with one attached hydrogen (secondary N) is 2. The van der Waals surface area contributed by atoms with Crippen LogP contribution in [0.3, 0.4) is 0 Å². The van der Waals surface area contributed by atoms with Gasteiger partial charge < -0.3 is 24.9 Å². The summed E-state index contributed by atoms with van der Waals surface area (Å²) in [5.74, 6) is -2.13. The van der Waals surface area contributed by atoms with Crippen molar-refractivity contribution in [3.05, 3.63) is 47.9 Å². The van der Waals surface area contributed by atoms with Gasteiger partial charge in [0.05, 0.1) is 19.9 Å². The molecule has 0 aliphatic carbocycles. The van der Waals surface area contributed by atoms with Gasteiger partial charge >= 0.3 is 6.03 Å². The molecule has 2 aromatic rings. The second kappa shape index (κ2) is 6.66. The van der Waals surface area contributed by atoms with Crippen molar-refractivity contribution in [2.75, 3.05) is 19.0 Å². The highest BCUT2D eigenvalue weighted by atomic mass is 19.1. The molecule has 2 amide bonds. The van der Waals surface area contributed by atoms with E-state index in [4.69, 9.17) is 4.42 Å². The molecule has 0 saturated heterocycles. The number of hydrogen-bond acceptors (Lipinski definition) is 4. The van der Waals surface area contributed by atoms with Gasteiger partial charge in [-0.15, -0.1) is 0 Å². The lowest BCUT2D eigenvalue weighted by Crippen LogP contribution is -2.40. The quantitative estimate of drug-likeness (QED) is 0.788. The zero-order valence-electron chi connectivity index (χ0n) is 12.5. The Balaban J connectivity index is 1.98. The fourth-order valence-corrected chi connectivity index (χ4v) is 1.93. The first-order valence-corrected chi connectivity index (χ1v) is 6.68. The number of anilines is 1. The Kier molecular flexibility index (Phi) is 4.85. The summed E-state index contributed by atoms with van der Waals surface area (Å²) in [6.07, 6.45) is 1.40. The monoisotopic (exact) mass is 326 g/mol. The van der Waals surface area contributed by atoms with Crippen molar-refractivity contribution in [2.24, 2.45) is 0 Å². The smallest absolute Gasteiger partial charge is 0.319 e. The Morgan fingerprint density at radius 1 is 1.39 bits per heavy atom. The standard InChI is InChI=1S/C15H16F2N2O4/c1-15(21,12-4-3-5-23-12)8-18-14(20)19-9-6-10(16)13(22-2)11(17)7-9/h3-7,21H,8H2,1-2H3,(H2,18,19,20). The van der Waals surface area contributed by atoms with E-state index < -0.39 is 29.0 Å². The van der Waals surface area contributed by atoms with Crippen molar-refractivity contribution < 1.29 is 27.8 Å². The number of benzene rings is 1. The van der Waals surface area contributed by atoms with Gasteiger partial charge in [-0.25, -0.2) is 13.6 Å². The third-order valence-corrected chi connectivity index (χ3v) is 3.11. The molecule has 0 aliphatic heterocycles. The Hall–Kier alpha value is -2.61. The topological polar surface area (TPSA) is 83.7 Å². The highest BCUT2D eigenvalue weighted by Crippen LogP contribution is 2.25. The molecule has 1 heterocycles. The van der Waals surface area contributed by atoms with E-state index in [0.717, 1.165) is 19.2 Å². The SMILES string of the molecule is COc1c(F)cc(NC(=O)NCC(C)(O)c2ccco2)cc1F. The Morgan fingerprint density at radius 3 is 2.57 bits per heavy atom. The van der Waals surface area contributed by atoms with Gasteiger partial charge in [-0.1, -0.05) is 0 Å². The van der Waals surface area contributed by atoms with Crippen LogP contribution in [0, 0.1) is 11.6 Å². The summed E-state index contributed by atoms with van der Waals surface area (Å²) in [7, 11) is 1.14. The minimum atomic E-state index is -1.42. The average molecular weight is 326 g/mol. The van der Waals surface area contributed by atoms with Gasteiger partial charge in [0.25, 0.3) is 0 Å². The molecule has 124 valence electrons. The van der Waals surface area contributed by atoms with Gasteiger partial charge in [0.15, 0.2) is 17.4 Å². The maximum absolute atomic E-state index is 13.5. The number of carbonyl (C=O) groups is 1. The van der Waals surface area contributed by atoms with Gasteiger partial charge in [0, 0.05) is 17.8 Å². The van der Waals surface area contributed by atoms with Crippen molar-refractivity contribution in [3.8, 4) is 5.75 Å². The molecule has 1 aromatic carbocycles. The van der Waals surface area contributed by atoms with Crippen LogP contribution in [0.25, 0.3) is 0 Å². The third-order valence-electron chi connectivity index (χ3n) is 3.11. The molecule has 1 aromatic heterocycles. The van der Waals surface area contributed by atoms with Gasteiger partial charge in [0.2, 0.25) is 0 Å². The van der Waals surface area contributed by atoms with Gasteiger partial charge in [-0.2, -0.15) is 0 Å². The number of furan rings is 1. The maximum atomic E-state index is 13.5. The van der Waals surface area contributed by atoms with E-state index in [9.17, 15) is 18.7 Å². The van der Waals surface area contributed by atoms with E-state index in [0.29, 0.717) is 0 Å². The molecule has 8 heteroatoms. The second-order valence-electron chi connectivity index (χ2n) is 5.03. The van der Waals surface area contributed by atoms with E-state index in [-0.39, 0.29) is 18.0 Å². The second-order valence-corrected chi connectivity index (χ2v) is 5.03. The summed E-state index contributed by atoms with van der Waals surface area (Å²) < 4.78 is 36.7. The highest BCUT2D eigenvalue weighted by Gasteiger charge is 2.26. The van der Waals surface area contributed by atoms with Crippen LogP contribution in [0.5, 0.6) is 5.75 Å². The molecular formula is C15H16F2N2O4. The van der Waals surface area contributed by atoms with Crippen LogP contribution in [0.1, 0.15) is 12.7 Å². The summed E-state index contributed by atoms with van der Waals surface area (Å²) in [6, 6.07) is 4.28. The molecular weight excluding hydrogens is 310 g/mol. The summed E-state index contributed by atoms with van der Waals surface area (Å²) in [5, 5.41) is 14.8.